The van der Waals surface area contributed by atoms with Crippen molar-refractivity contribution >= 4 is 17.7 Å². The normalized spacial score (nSPS) is 11.0. The first kappa shape index (κ1) is 13.0. The summed E-state index contributed by atoms with van der Waals surface area (Å²) in [5.74, 6) is -0.579. The van der Waals surface area contributed by atoms with Crippen LogP contribution in [0.1, 0.15) is 36.7 Å². The van der Waals surface area contributed by atoms with E-state index in [1.165, 1.54) is 6.07 Å². The largest absolute Gasteiger partial charge is 0.465 e. The number of hydrogen-bond donors (Lipinski definition) is 3. The van der Waals surface area contributed by atoms with E-state index in [1.54, 1.807) is 12.1 Å². The number of amides is 2. The second kappa shape index (κ2) is 4.45. The SMILES string of the molecule is CC(C)(C)c1cc(NC(=O)O)cc(C(N)=O)c1. The third kappa shape index (κ3) is 3.48. The number of carbonyl (C=O) groups is 2. The van der Waals surface area contributed by atoms with Crippen molar-refractivity contribution in [3.05, 3.63) is 29.3 Å². The lowest BCUT2D eigenvalue weighted by molar-refractivity contribution is 0.1000. The van der Waals surface area contributed by atoms with Gasteiger partial charge in [-0.05, 0) is 29.2 Å². The predicted octanol–water partition coefficient (Wildman–Crippen LogP) is 2.17. The zero-order valence-electron chi connectivity index (χ0n) is 10.1. The van der Waals surface area contributed by atoms with Gasteiger partial charge in [0.15, 0.2) is 0 Å². The lowest BCUT2D eigenvalue weighted by Gasteiger charge is -2.20. The molecule has 0 saturated carbocycles. The first-order valence-corrected chi connectivity index (χ1v) is 5.15. The molecule has 0 aliphatic carbocycles. The molecule has 0 unspecified atom stereocenters. The molecule has 0 saturated heterocycles. The number of nitrogens with two attached hydrogens (primary N) is 1. The minimum Gasteiger partial charge on any atom is -0.465 e. The molecule has 4 N–H and O–H groups in total. The Morgan fingerprint density at radius 2 is 1.82 bits per heavy atom. The number of carbonyl (C=O) groups excluding carboxylic acids is 1. The summed E-state index contributed by atoms with van der Waals surface area (Å²) < 4.78 is 0. The maximum Gasteiger partial charge on any atom is 0.409 e. The zero-order valence-corrected chi connectivity index (χ0v) is 10.1. The van der Waals surface area contributed by atoms with Crippen LogP contribution in [0.5, 0.6) is 0 Å². The Morgan fingerprint density at radius 3 is 2.24 bits per heavy atom. The van der Waals surface area contributed by atoms with Gasteiger partial charge >= 0.3 is 6.09 Å². The van der Waals surface area contributed by atoms with Gasteiger partial charge in [-0.1, -0.05) is 20.8 Å². The molecule has 0 spiro atoms. The van der Waals surface area contributed by atoms with Crippen molar-refractivity contribution in [2.75, 3.05) is 5.32 Å². The molecule has 0 aliphatic heterocycles. The summed E-state index contributed by atoms with van der Waals surface area (Å²) in [5.41, 5.74) is 6.50. The van der Waals surface area contributed by atoms with Crippen LogP contribution in [0.25, 0.3) is 0 Å². The minimum absolute atomic E-state index is 0.194. The molecule has 1 aromatic rings. The second-order valence-electron chi connectivity index (χ2n) is 4.84. The molecule has 5 nitrogen and oxygen atoms in total. The van der Waals surface area contributed by atoms with Crippen LogP contribution in [-0.2, 0) is 5.41 Å². The second-order valence-corrected chi connectivity index (χ2v) is 4.84. The molecule has 0 heterocycles. The molecule has 0 fully saturated rings. The van der Waals surface area contributed by atoms with E-state index in [-0.39, 0.29) is 5.41 Å². The van der Waals surface area contributed by atoms with E-state index in [1.807, 2.05) is 20.8 Å². The first-order chi connectivity index (χ1) is 7.70. The third-order valence-corrected chi connectivity index (χ3v) is 2.33. The van der Waals surface area contributed by atoms with Gasteiger partial charge in [-0.25, -0.2) is 4.79 Å². The molecule has 1 rings (SSSR count). The molecular weight excluding hydrogens is 220 g/mol. The van der Waals surface area contributed by atoms with Gasteiger partial charge in [-0.2, -0.15) is 0 Å². The van der Waals surface area contributed by atoms with E-state index < -0.39 is 12.0 Å². The first-order valence-electron chi connectivity index (χ1n) is 5.15. The minimum atomic E-state index is -1.17. The molecule has 0 atom stereocenters. The van der Waals surface area contributed by atoms with Gasteiger partial charge in [0, 0.05) is 11.3 Å². The van der Waals surface area contributed by atoms with Crippen LogP contribution in [0.3, 0.4) is 0 Å². The Hall–Kier alpha value is -2.04. The highest BCUT2D eigenvalue weighted by molar-refractivity contribution is 5.95. The van der Waals surface area contributed by atoms with Gasteiger partial charge in [0.1, 0.15) is 0 Å². The van der Waals surface area contributed by atoms with Crippen LogP contribution in [0, 0.1) is 0 Å². The quantitative estimate of drug-likeness (QED) is 0.734. The molecule has 0 radical (unpaired) electrons. The summed E-state index contributed by atoms with van der Waals surface area (Å²) in [6.07, 6.45) is -1.17. The summed E-state index contributed by atoms with van der Waals surface area (Å²) in [6.45, 7) is 5.91. The molecule has 92 valence electrons. The fourth-order valence-corrected chi connectivity index (χ4v) is 1.40. The summed E-state index contributed by atoms with van der Waals surface area (Å²) >= 11 is 0. The highest BCUT2D eigenvalue weighted by Crippen LogP contribution is 2.26. The number of primary amides is 1. The molecule has 0 bridgehead atoms. The summed E-state index contributed by atoms with van der Waals surface area (Å²) in [6, 6.07) is 4.79. The molecule has 2 amide bonds. The Bertz CT molecular complexity index is 461. The molecule has 1 aromatic carbocycles. The molecular formula is C12H16N2O3. The molecule has 5 heteroatoms. The number of carboxylic acid groups (broad SMARTS) is 1. The van der Waals surface area contributed by atoms with Crippen LogP contribution in [0.2, 0.25) is 0 Å². The van der Waals surface area contributed by atoms with Gasteiger partial charge in [0.25, 0.3) is 0 Å². The average molecular weight is 236 g/mol. The summed E-state index contributed by atoms with van der Waals surface area (Å²) in [7, 11) is 0. The number of hydrogen-bond acceptors (Lipinski definition) is 2. The third-order valence-electron chi connectivity index (χ3n) is 2.33. The van der Waals surface area contributed by atoms with Crippen LogP contribution >= 0.6 is 0 Å². The lowest BCUT2D eigenvalue weighted by atomic mass is 9.85. The fourth-order valence-electron chi connectivity index (χ4n) is 1.40. The van der Waals surface area contributed by atoms with E-state index in [9.17, 15) is 9.59 Å². The smallest absolute Gasteiger partial charge is 0.409 e. The van der Waals surface area contributed by atoms with Crippen molar-refractivity contribution in [1.29, 1.82) is 0 Å². The van der Waals surface area contributed by atoms with Crippen molar-refractivity contribution in [2.24, 2.45) is 5.73 Å². The predicted molar refractivity (Wildman–Crippen MR) is 65.3 cm³/mol. The van der Waals surface area contributed by atoms with Gasteiger partial charge in [0.05, 0.1) is 0 Å². The van der Waals surface area contributed by atoms with E-state index >= 15 is 0 Å². The van der Waals surface area contributed by atoms with Crippen LogP contribution in [0.15, 0.2) is 18.2 Å². The highest BCUT2D eigenvalue weighted by Gasteiger charge is 2.17. The average Bonchev–Trinajstić information content (AvgIpc) is 2.14. The summed E-state index contributed by atoms with van der Waals surface area (Å²) in [4.78, 5) is 21.7. The lowest BCUT2D eigenvalue weighted by Crippen LogP contribution is -2.17. The van der Waals surface area contributed by atoms with E-state index in [0.717, 1.165) is 5.56 Å². The Labute approximate surface area is 99.6 Å². The monoisotopic (exact) mass is 236 g/mol. The van der Waals surface area contributed by atoms with E-state index in [2.05, 4.69) is 5.32 Å². The molecule has 17 heavy (non-hydrogen) atoms. The van der Waals surface area contributed by atoms with Crippen LogP contribution < -0.4 is 11.1 Å². The van der Waals surface area contributed by atoms with Gasteiger partial charge < -0.3 is 10.8 Å². The molecule has 0 aliphatic rings. The van der Waals surface area contributed by atoms with Gasteiger partial charge in [-0.3, -0.25) is 10.1 Å². The zero-order chi connectivity index (χ0) is 13.2. The number of anilines is 1. The molecule has 0 aromatic heterocycles. The van der Waals surface area contributed by atoms with Crippen molar-refractivity contribution in [2.45, 2.75) is 26.2 Å². The van der Waals surface area contributed by atoms with Crippen molar-refractivity contribution in [3.8, 4) is 0 Å². The maximum absolute atomic E-state index is 11.2. The van der Waals surface area contributed by atoms with Gasteiger partial charge in [-0.15, -0.1) is 0 Å². The fraction of sp³-hybridized carbons (Fsp3) is 0.333. The highest BCUT2D eigenvalue weighted by atomic mass is 16.4. The van der Waals surface area contributed by atoms with Crippen LogP contribution in [0.4, 0.5) is 10.5 Å². The van der Waals surface area contributed by atoms with Crippen molar-refractivity contribution in [3.63, 3.8) is 0 Å². The number of nitrogens with one attached hydrogen (secondary N) is 1. The van der Waals surface area contributed by atoms with Gasteiger partial charge in [0.2, 0.25) is 5.91 Å². The number of rotatable bonds is 2. The van der Waals surface area contributed by atoms with E-state index in [0.29, 0.717) is 11.3 Å². The van der Waals surface area contributed by atoms with E-state index in [4.69, 9.17) is 10.8 Å². The topological polar surface area (TPSA) is 92.4 Å². The van der Waals surface area contributed by atoms with Crippen LogP contribution in [-0.4, -0.2) is 17.1 Å². The Morgan fingerprint density at radius 1 is 1.24 bits per heavy atom. The number of benzene rings is 1. The standard InChI is InChI=1S/C12H16N2O3/c1-12(2,3)8-4-7(10(13)15)5-9(6-8)14-11(16)17/h4-6,14H,1-3H3,(H2,13,15)(H,16,17). The Kier molecular flexibility index (Phi) is 3.41. The van der Waals surface area contributed by atoms with Crippen molar-refractivity contribution in [1.82, 2.24) is 0 Å². The maximum atomic E-state index is 11.2. The Balaban J connectivity index is 3.28. The summed E-state index contributed by atoms with van der Waals surface area (Å²) in [5, 5.41) is 10.9. The van der Waals surface area contributed by atoms with Crippen molar-refractivity contribution < 1.29 is 14.7 Å².